The average molecular weight is 285 g/mol. The summed E-state index contributed by atoms with van der Waals surface area (Å²) in [6.07, 6.45) is 12.9. The number of pyridine rings is 1. The van der Waals surface area contributed by atoms with E-state index in [1.165, 1.54) is 32.1 Å². The number of anilines is 1. The molecule has 0 spiro atoms. The first-order valence-corrected chi connectivity index (χ1v) is 7.63. The van der Waals surface area contributed by atoms with Gasteiger partial charge in [-0.05, 0) is 37.3 Å². The Morgan fingerprint density at radius 1 is 1.38 bits per heavy atom. The van der Waals surface area contributed by atoms with E-state index in [2.05, 4.69) is 28.5 Å². The van der Waals surface area contributed by atoms with E-state index in [0.29, 0.717) is 11.6 Å². The molecule has 0 radical (unpaired) electrons. The minimum Gasteiger partial charge on any atom is -0.367 e. The molecule has 112 valence electrons. The van der Waals surface area contributed by atoms with Gasteiger partial charge in [-0.25, -0.2) is 4.98 Å². The zero-order chi connectivity index (χ0) is 15.1. The number of terminal acetylenes is 1. The van der Waals surface area contributed by atoms with Gasteiger partial charge in [-0.3, -0.25) is 4.79 Å². The van der Waals surface area contributed by atoms with Crippen LogP contribution in [0.25, 0.3) is 0 Å². The van der Waals surface area contributed by atoms with Gasteiger partial charge in [-0.2, -0.15) is 0 Å². The van der Waals surface area contributed by atoms with Gasteiger partial charge in [0.1, 0.15) is 5.82 Å². The van der Waals surface area contributed by atoms with Crippen LogP contribution in [0.5, 0.6) is 0 Å². The van der Waals surface area contributed by atoms with Crippen molar-refractivity contribution in [2.24, 2.45) is 5.92 Å². The van der Waals surface area contributed by atoms with E-state index < -0.39 is 0 Å². The molecule has 2 N–H and O–H groups in total. The molecule has 0 bridgehead atoms. The number of hydrogen-bond acceptors (Lipinski definition) is 3. The van der Waals surface area contributed by atoms with Crippen LogP contribution >= 0.6 is 0 Å². The fourth-order valence-electron chi connectivity index (χ4n) is 2.69. The third-order valence-electron chi connectivity index (χ3n) is 3.99. The first kappa shape index (κ1) is 15.4. The normalized spacial score (nSPS) is 21.9. The number of hydrogen-bond donors (Lipinski definition) is 2. The minimum atomic E-state index is -0.185. The largest absolute Gasteiger partial charge is 0.367 e. The van der Waals surface area contributed by atoms with E-state index in [1.54, 1.807) is 12.3 Å². The lowest BCUT2D eigenvalue weighted by Crippen LogP contribution is -2.24. The van der Waals surface area contributed by atoms with Crippen LogP contribution in [-0.2, 0) is 0 Å². The zero-order valence-electron chi connectivity index (χ0n) is 12.6. The molecule has 2 atom stereocenters. The summed E-state index contributed by atoms with van der Waals surface area (Å²) in [5.41, 5.74) is 0.533. The number of nitrogens with one attached hydrogen (secondary N) is 2. The van der Waals surface area contributed by atoms with Crippen molar-refractivity contribution in [2.45, 2.75) is 45.1 Å². The molecule has 4 heteroatoms. The van der Waals surface area contributed by atoms with E-state index in [-0.39, 0.29) is 12.5 Å². The van der Waals surface area contributed by atoms with Gasteiger partial charge in [0.25, 0.3) is 5.91 Å². The lowest BCUT2D eigenvalue weighted by atomic mass is 10.0. The van der Waals surface area contributed by atoms with Gasteiger partial charge in [0, 0.05) is 12.2 Å². The maximum absolute atomic E-state index is 11.7. The van der Waals surface area contributed by atoms with Crippen LogP contribution in [0.4, 0.5) is 5.82 Å². The summed E-state index contributed by atoms with van der Waals surface area (Å²) in [6, 6.07) is 4.13. The fourth-order valence-corrected chi connectivity index (χ4v) is 2.69. The summed E-state index contributed by atoms with van der Waals surface area (Å²) in [6.45, 7) is 2.56. The maximum atomic E-state index is 11.7. The third kappa shape index (κ3) is 4.78. The van der Waals surface area contributed by atoms with Crippen LogP contribution < -0.4 is 10.6 Å². The highest BCUT2D eigenvalue weighted by atomic mass is 16.1. The van der Waals surface area contributed by atoms with Crippen LogP contribution in [0, 0.1) is 18.3 Å². The summed E-state index contributed by atoms with van der Waals surface area (Å²) in [4.78, 5) is 16.0. The Bertz CT molecular complexity index is 504. The molecule has 1 heterocycles. The van der Waals surface area contributed by atoms with Crippen molar-refractivity contribution >= 4 is 11.7 Å². The van der Waals surface area contributed by atoms with Crippen molar-refractivity contribution in [3.8, 4) is 12.3 Å². The van der Waals surface area contributed by atoms with Crippen molar-refractivity contribution in [1.82, 2.24) is 10.3 Å². The molecule has 21 heavy (non-hydrogen) atoms. The predicted octanol–water partition coefficient (Wildman–Crippen LogP) is 2.83. The van der Waals surface area contributed by atoms with Gasteiger partial charge in [0.05, 0.1) is 12.1 Å². The fraction of sp³-hybridized carbons (Fsp3) is 0.529. The van der Waals surface area contributed by atoms with Gasteiger partial charge in [-0.15, -0.1) is 6.42 Å². The number of rotatable bonds is 4. The Labute approximate surface area is 126 Å². The first-order chi connectivity index (χ1) is 10.2. The quantitative estimate of drug-likeness (QED) is 0.660. The zero-order valence-corrected chi connectivity index (χ0v) is 12.6. The Balaban J connectivity index is 1.90. The summed E-state index contributed by atoms with van der Waals surface area (Å²) < 4.78 is 0. The van der Waals surface area contributed by atoms with E-state index in [0.717, 1.165) is 11.7 Å². The average Bonchev–Trinajstić information content (AvgIpc) is 2.70. The van der Waals surface area contributed by atoms with Crippen molar-refractivity contribution in [1.29, 1.82) is 0 Å². The number of carbonyl (C=O) groups is 1. The van der Waals surface area contributed by atoms with Gasteiger partial charge in [-0.1, -0.05) is 25.7 Å². The number of carbonyl (C=O) groups excluding carboxylic acids is 1. The molecule has 1 aromatic rings. The van der Waals surface area contributed by atoms with Gasteiger partial charge in [0.2, 0.25) is 0 Å². The van der Waals surface area contributed by atoms with E-state index in [4.69, 9.17) is 6.42 Å². The summed E-state index contributed by atoms with van der Waals surface area (Å²) >= 11 is 0. The minimum absolute atomic E-state index is 0.185. The van der Waals surface area contributed by atoms with Gasteiger partial charge in [0.15, 0.2) is 0 Å². The second kappa shape index (κ2) is 7.68. The SMILES string of the molecule is C#CCNC(=O)c1ccc(NC2CCCC(C)CC2)nc1. The van der Waals surface area contributed by atoms with Crippen molar-refractivity contribution in [3.63, 3.8) is 0 Å². The highest BCUT2D eigenvalue weighted by molar-refractivity contribution is 5.94. The molecule has 0 aromatic carbocycles. The molecule has 1 fully saturated rings. The second-order valence-corrected chi connectivity index (χ2v) is 5.77. The van der Waals surface area contributed by atoms with Gasteiger partial charge >= 0.3 is 0 Å². The smallest absolute Gasteiger partial charge is 0.253 e. The molecule has 2 rings (SSSR count). The third-order valence-corrected chi connectivity index (χ3v) is 3.99. The lowest BCUT2D eigenvalue weighted by Gasteiger charge is -2.17. The highest BCUT2D eigenvalue weighted by Crippen LogP contribution is 2.24. The molecular weight excluding hydrogens is 262 g/mol. The standard InChI is InChI=1S/C17H23N3O/c1-3-11-18-17(21)14-8-10-16(19-12-14)20-15-6-4-5-13(2)7-9-15/h1,8,10,12-13,15H,4-7,9,11H2,2H3,(H,18,21)(H,19,20). The predicted molar refractivity (Wildman–Crippen MR) is 85.1 cm³/mol. The molecule has 0 aliphatic heterocycles. The molecule has 0 saturated heterocycles. The van der Waals surface area contributed by atoms with E-state index in [1.807, 2.05) is 6.07 Å². The molecule has 1 amide bonds. The van der Waals surface area contributed by atoms with Gasteiger partial charge < -0.3 is 10.6 Å². The number of amides is 1. The molecule has 1 aliphatic rings. The summed E-state index contributed by atoms with van der Waals surface area (Å²) in [5.74, 6) is 3.86. The Hall–Kier alpha value is -2.02. The van der Waals surface area contributed by atoms with Crippen LogP contribution in [0.15, 0.2) is 18.3 Å². The van der Waals surface area contributed by atoms with Crippen LogP contribution in [-0.4, -0.2) is 23.5 Å². The molecule has 2 unspecified atom stereocenters. The molecule has 1 aromatic heterocycles. The molecular formula is C17H23N3O. The van der Waals surface area contributed by atoms with Crippen molar-refractivity contribution < 1.29 is 4.79 Å². The number of aromatic nitrogens is 1. The van der Waals surface area contributed by atoms with E-state index >= 15 is 0 Å². The van der Waals surface area contributed by atoms with Crippen LogP contribution in [0.1, 0.15) is 49.4 Å². The molecule has 1 saturated carbocycles. The molecule has 4 nitrogen and oxygen atoms in total. The first-order valence-electron chi connectivity index (χ1n) is 7.63. The lowest BCUT2D eigenvalue weighted by molar-refractivity contribution is 0.0958. The molecule has 1 aliphatic carbocycles. The maximum Gasteiger partial charge on any atom is 0.253 e. The highest BCUT2D eigenvalue weighted by Gasteiger charge is 2.16. The topological polar surface area (TPSA) is 54.0 Å². The monoisotopic (exact) mass is 285 g/mol. The Morgan fingerprint density at radius 3 is 2.95 bits per heavy atom. The Morgan fingerprint density at radius 2 is 2.24 bits per heavy atom. The van der Waals surface area contributed by atoms with E-state index in [9.17, 15) is 4.79 Å². The van der Waals surface area contributed by atoms with Crippen LogP contribution in [0.3, 0.4) is 0 Å². The van der Waals surface area contributed by atoms with Crippen LogP contribution in [0.2, 0.25) is 0 Å². The number of nitrogens with zero attached hydrogens (tertiary/aromatic N) is 1. The summed E-state index contributed by atoms with van der Waals surface area (Å²) in [5, 5.41) is 6.10. The second-order valence-electron chi connectivity index (χ2n) is 5.77. The summed E-state index contributed by atoms with van der Waals surface area (Å²) in [7, 11) is 0. The Kier molecular flexibility index (Phi) is 5.62. The van der Waals surface area contributed by atoms with Crippen molar-refractivity contribution in [2.75, 3.05) is 11.9 Å². The van der Waals surface area contributed by atoms with Crippen molar-refractivity contribution in [3.05, 3.63) is 23.9 Å².